The van der Waals surface area contributed by atoms with Gasteiger partial charge in [-0.1, -0.05) is 25.0 Å². The molecule has 0 radical (unpaired) electrons. The number of hydrogen-bond acceptors (Lipinski definition) is 3. The first kappa shape index (κ1) is 19.8. The molecule has 2 aliphatic rings. The van der Waals surface area contributed by atoms with E-state index in [-0.39, 0.29) is 36.3 Å². The largest absolute Gasteiger partial charge is 0.348 e. The number of hydrogen-bond donors (Lipinski definition) is 1. The molecule has 2 unspecified atom stereocenters. The number of nitrogens with zero attached hydrogens (tertiary/aromatic N) is 2. The topological polar surface area (TPSA) is 52.7 Å². The van der Waals surface area contributed by atoms with Crippen LogP contribution < -0.4 is 5.32 Å². The van der Waals surface area contributed by atoms with E-state index in [9.17, 15) is 14.0 Å². The monoisotopic (exact) mass is 375 g/mol. The molecule has 2 amide bonds. The van der Waals surface area contributed by atoms with Crippen molar-refractivity contribution in [3.8, 4) is 0 Å². The van der Waals surface area contributed by atoms with E-state index in [0.29, 0.717) is 5.92 Å². The molecule has 1 heterocycles. The summed E-state index contributed by atoms with van der Waals surface area (Å²) in [6.45, 7) is 0.997. The van der Waals surface area contributed by atoms with Gasteiger partial charge in [-0.25, -0.2) is 4.39 Å². The molecule has 5 nitrogen and oxygen atoms in total. The average molecular weight is 375 g/mol. The van der Waals surface area contributed by atoms with Gasteiger partial charge in [-0.2, -0.15) is 0 Å². The lowest BCUT2D eigenvalue weighted by molar-refractivity contribution is -0.134. The molecule has 0 bridgehead atoms. The number of halogens is 1. The van der Waals surface area contributed by atoms with Gasteiger partial charge in [0.1, 0.15) is 5.82 Å². The Bertz CT molecular complexity index is 656. The summed E-state index contributed by atoms with van der Waals surface area (Å²) in [6.07, 6.45) is 6.23. The molecule has 0 aromatic heterocycles. The molecule has 1 saturated carbocycles. The lowest BCUT2D eigenvalue weighted by atomic mass is 9.91. The molecule has 3 rings (SSSR count). The van der Waals surface area contributed by atoms with Gasteiger partial charge in [-0.15, -0.1) is 0 Å². The molecule has 1 saturated heterocycles. The Morgan fingerprint density at radius 2 is 1.81 bits per heavy atom. The minimum Gasteiger partial charge on any atom is -0.348 e. The Balaban J connectivity index is 1.67. The molecular weight excluding hydrogens is 345 g/mol. The summed E-state index contributed by atoms with van der Waals surface area (Å²) in [7, 11) is 3.51. The van der Waals surface area contributed by atoms with Crippen molar-refractivity contribution in [1.29, 1.82) is 0 Å². The number of likely N-dealkylation sites (N-methyl/N-ethyl adjacent to an activating group) is 1. The van der Waals surface area contributed by atoms with Gasteiger partial charge in [0.15, 0.2) is 0 Å². The summed E-state index contributed by atoms with van der Waals surface area (Å²) in [6, 6.07) is 6.15. The van der Waals surface area contributed by atoms with Gasteiger partial charge in [0.25, 0.3) is 0 Å². The van der Waals surface area contributed by atoms with Gasteiger partial charge in [0.05, 0.1) is 18.6 Å². The van der Waals surface area contributed by atoms with Crippen LogP contribution in [0.4, 0.5) is 4.39 Å². The zero-order valence-electron chi connectivity index (χ0n) is 16.3. The van der Waals surface area contributed by atoms with Crippen molar-refractivity contribution in [2.45, 2.75) is 50.6 Å². The number of likely N-dealkylation sites (tertiary alicyclic amines) is 1. The van der Waals surface area contributed by atoms with Crippen molar-refractivity contribution >= 4 is 11.8 Å². The SMILES string of the molecule is CN(C)C(=O)C1CCCN1CC(=O)NC(c1ccc(F)cc1)C1CCCC1. The smallest absolute Gasteiger partial charge is 0.239 e. The van der Waals surface area contributed by atoms with Crippen LogP contribution in [0.15, 0.2) is 24.3 Å². The van der Waals surface area contributed by atoms with Crippen molar-refractivity contribution in [2.75, 3.05) is 27.2 Å². The summed E-state index contributed by atoms with van der Waals surface area (Å²) < 4.78 is 13.3. The fraction of sp³-hybridized carbons (Fsp3) is 0.619. The van der Waals surface area contributed by atoms with Crippen LogP contribution in [0.3, 0.4) is 0 Å². The van der Waals surface area contributed by atoms with E-state index in [4.69, 9.17) is 0 Å². The lowest BCUT2D eigenvalue weighted by Gasteiger charge is -2.29. The maximum atomic E-state index is 13.3. The van der Waals surface area contributed by atoms with Crippen molar-refractivity contribution in [2.24, 2.45) is 5.92 Å². The van der Waals surface area contributed by atoms with Crippen LogP contribution in [0.1, 0.15) is 50.1 Å². The first-order valence-electron chi connectivity index (χ1n) is 9.95. The Hall–Kier alpha value is -1.95. The minimum atomic E-state index is -0.266. The third kappa shape index (κ3) is 4.86. The van der Waals surface area contributed by atoms with Crippen molar-refractivity contribution in [3.05, 3.63) is 35.6 Å². The van der Waals surface area contributed by atoms with Crippen molar-refractivity contribution in [3.63, 3.8) is 0 Å². The lowest BCUT2D eigenvalue weighted by Crippen LogP contribution is -2.47. The summed E-state index contributed by atoms with van der Waals surface area (Å²) in [5.74, 6) is 0.121. The number of carbonyl (C=O) groups excluding carboxylic acids is 2. The van der Waals surface area contributed by atoms with E-state index < -0.39 is 0 Å². The van der Waals surface area contributed by atoms with Crippen LogP contribution in [0.5, 0.6) is 0 Å². The van der Waals surface area contributed by atoms with Crippen LogP contribution in [0.25, 0.3) is 0 Å². The molecule has 1 N–H and O–H groups in total. The molecule has 1 aromatic carbocycles. The van der Waals surface area contributed by atoms with Crippen LogP contribution in [-0.4, -0.2) is 54.8 Å². The molecule has 6 heteroatoms. The number of nitrogens with one attached hydrogen (secondary N) is 1. The number of carbonyl (C=O) groups is 2. The third-order valence-electron chi connectivity index (χ3n) is 5.85. The van der Waals surface area contributed by atoms with Gasteiger partial charge >= 0.3 is 0 Å². The van der Waals surface area contributed by atoms with Gasteiger partial charge in [-0.05, 0) is 55.8 Å². The second-order valence-corrected chi connectivity index (χ2v) is 8.00. The molecule has 1 aliphatic carbocycles. The average Bonchev–Trinajstić information content (AvgIpc) is 3.32. The molecule has 2 atom stereocenters. The van der Waals surface area contributed by atoms with E-state index in [1.54, 1.807) is 31.1 Å². The van der Waals surface area contributed by atoms with E-state index in [0.717, 1.165) is 37.8 Å². The highest BCUT2D eigenvalue weighted by atomic mass is 19.1. The first-order chi connectivity index (χ1) is 13.0. The van der Waals surface area contributed by atoms with Crippen LogP contribution in [-0.2, 0) is 9.59 Å². The molecule has 1 aliphatic heterocycles. The highest BCUT2D eigenvalue weighted by Crippen LogP contribution is 2.35. The number of rotatable bonds is 6. The summed E-state index contributed by atoms with van der Waals surface area (Å²) in [4.78, 5) is 28.7. The second-order valence-electron chi connectivity index (χ2n) is 8.00. The Morgan fingerprint density at radius 3 is 2.44 bits per heavy atom. The van der Waals surface area contributed by atoms with E-state index in [1.165, 1.54) is 25.0 Å². The fourth-order valence-electron chi connectivity index (χ4n) is 4.43. The normalized spacial score (nSPS) is 22.0. The summed E-state index contributed by atoms with van der Waals surface area (Å²) in [5, 5.41) is 3.18. The molecule has 1 aromatic rings. The predicted molar refractivity (Wildman–Crippen MR) is 103 cm³/mol. The van der Waals surface area contributed by atoms with E-state index >= 15 is 0 Å². The third-order valence-corrected chi connectivity index (χ3v) is 5.85. The molecule has 2 fully saturated rings. The fourth-order valence-corrected chi connectivity index (χ4v) is 4.43. The quantitative estimate of drug-likeness (QED) is 0.832. The summed E-state index contributed by atoms with van der Waals surface area (Å²) in [5.41, 5.74) is 0.957. The van der Waals surface area contributed by atoms with Gasteiger partial charge in [-0.3, -0.25) is 14.5 Å². The van der Waals surface area contributed by atoms with Gasteiger partial charge in [0.2, 0.25) is 11.8 Å². The van der Waals surface area contributed by atoms with Gasteiger partial charge < -0.3 is 10.2 Å². The Morgan fingerprint density at radius 1 is 1.15 bits per heavy atom. The van der Waals surface area contributed by atoms with Crippen LogP contribution >= 0.6 is 0 Å². The zero-order chi connectivity index (χ0) is 19.4. The maximum Gasteiger partial charge on any atom is 0.239 e. The maximum absolute atomic E-state index is 13.3. The second kappa shape index (κ2) is 8.83. The van der Waals surface area contributed by atoms with Gasteiger partial charge in [0, 0.05) is 14.1 Å². The highest BCUT2D eigenvalue weighted by Gasteiger charge is 2.34. The number of benzene rings is 1. The molecule has 0 spiro atoms. The molecule has 148 valence electrons. The highest BCUT2D eigenvalue weighted by molar-refractivity contribution is 5.84. The first-order valence-corrected chi connectivity index (χ1v) is 9.95. The van der Waals surface area contributed by atoms with Crippen LogP contribution in [0.2, 0.25) is 0 Å². The zero-order valence-corrected chi connectivity index (χ0v) is 16.3. The van der Waals surface area contributed by atoms with E-state index in [1.807, 2.05) is 4.90 Å². The van der Waals surface area contributed by atoms with Crippen LogP contribution in [0, 0.1) is 11.7 Å². The minimum absolute atomic E-state index is 0.0605. The number of amides is 2. The van der Waals surface area contributed by atoms with Crippen molar-refractivity contribution in [1.82, 2.24) is 15.1 Å². The Kier molecular flexibility index (Phi) is 6.47. The van der Waals surface area contributed by atoms with Crippen molar-refractivity contribution < 1.29 is 14.0 Å². The summed E-state index contributed by atoms with van der Waals surface area (Å²) >= 11 is 0. The predicted octanol–water partition coefficient (Wildman–Crippen LogP) is 2.73. The van der Waals surface area contributed by atoms with E-state index in [2.05, 4.69) is 5.32 Å². The Labute approximate surface area is 160 Å². The molecule has 27 heavy (non-hydrogen) atoms. The molecular formula is C21H30FN3O2. The standard InChI is InChI=1S/C21H30FN3O2/c1-24(2)21(27)18-8-5-13-25(18)14-19(26)23-20(15-6-3-4-7-15)16-9-11-17(22)12-10-16/h9-12,15,18,20H,3-8,13-14H2,1-2H3,(H,23,26).